The maximum atomic E-state index is 12.2. The molecule has 138 valence electrons. The monoisotopic (exact) mass is 356 g/mol. The highest BCUT2D eigenvalue weighted by atomic mass is 16.5. The van der Waals surface area contributed by atoms with Crippen molar-refractivity contribution < 1.29 is 19.1 Å². The molecule has 0 aliphatic carbocycles. The van der Waals surface area contributed by atoms with Crippen molar-refractivity contribution in [3.05, 3.63) is 54.1 Å². The Labute approximate surface area is 153 Å². The van der Waals surface area contributed by atoms with Gasteiger partial charge < -0.3 is 20.1 Å². The first kappa shape index (κ1) is 19.3. The van der Waals surface area contributed by atoms with Gasteiger partial charge in [0.1, 0.15) is 11.5 Å². The van der Waals surface area contributed by atoms with Gasteiger partial charge in [-0.1, -0.05) is 6.07 Å². The minimum absolute atomic E-state index is 0.134. The third kappa shape index (κ3) is 6.12. The van der Waals surface area contributed by atoms with E-state index in [0.717, 1.165) is 0 Å². The molecule has 0 atom stereocenters. The van der Waals surface area contributed by atoms with Crippen molar-refractivity contribution in [1.82, 2.24) is 5.32 Å². The Kier molecular flexibility index (Phi) is 6.22. The normalized spacial score (nSPS) is 10.8. The molecule has 0 saturated heterocycles. The van der Waals surface area contributed by atoms with Gasteiger partial charge in [0.05, 0.1) is 7.11 Å². The number of carbonyl (C=O) groups is 2. The van der Waals surface area contributed by atoms with E-state index in [1.54, 1.807) is 55.6 Å². The number of anilines is 1. The largest absolute Gasteiger partial charge is 0.497 e. The van der Waals surface area contributed by atoms with Gasteiger partial charge in [-0.25, -0.2) is 0 Å². The van der Waals surface area contributed by atoms with E-state index in [1.165, 1.54) is 0 Å². The van der Waals surface area contributed by atoms with Gasteiger partial charge in [0, 0.05) is 16.8 Å². The second-order valence-corrected chi connectivity index (χ2v) is 6.80. The number of amides is 2. The molecule has 2 rings (SSSR count). The predicted molar refractivity (Wildman–Crippen MR) is 101 cm³/mol. The zero-order chi connectivity index (χ0) is 19.2. The van der Waals surface area contributed by atoms with E-state index in [2.05, 4.69) is 10.6 Å². The number of methoxy groups -OCH3 is 1. The summed E-state index contributed by atoms with van der Waals surface area (Å²) in [5.41, 5.74) is 0.686. The van der Waals surface area contributed by atoms with E-state index >= 15 is 0 Å². The summed E-state index contributed by atoms with van der Waals surface area (Å²) < 4.78 is 10.5. The van der Waals surface area contributed by atoms with E-state index in [4.69, 9.17) is 9.47 Å². The molecule has 6 heteroatoms. The van der Waals surface area contributed by atoms with Crippen LogP contribution >= 0.6 is 0 Å². The van der Waals surface area contributed by atoms with E-state index in [-0.39, 0.29) is 24.0 Å². The van der Waals surface area contributed by atoms with Crippen LogP contribution in [0.1, 0.15) is 31.1 Å². The molecule has 0 aliphatic heterocycles. The van der Waals surface area contributed by atoms with Crippen molar-refractivity contribution in [2.45, 2.75) is 26.3 Å². The summed E-state index contributed by atoms with van der Waals surface area (Å²) in [4.78, 5) is 24.3. The lowest BCUT2D eigenvalue weighted by molar-refractivity contribution is -0.118. The van der Waals surface area contributed by atoms with Gasteiger partial charge in [-0.3, -0.25) is 9.59 Å². The van der Waals surface area contributed by atoms with Crippen LogP contribution < -0.4 is 20.1 Å². The fraction of sp³-hybridized carbons (Fsp3) is 0.300. The van der Waals surface area contributed by atoms with Crippen LogP contribution in [0.3, 0.4) is 0 Å². The molecule has 2 N–H and O–H groups in total. The molecule has 2 aromatic rings. The third-order valence-electron chi connectivity index (χ3n) is 3.33. The van der Waals surface area contributed by atoms with Crippen LogP contribution in [0.4, 0.5) is 5.69 Å². The molecular weight excluding hydrogens is 332 g/mol. The first-order valence-corrected chi connectivity index (χ1v) is 8.26. The minimum Gasteiger partial charge on any atom is -0.497 e. The zero-order valence-corrected chi connectivity index (χ0v) is 15.5. The highest BCUT2D eigenvalue weighted by Crippen LogP contribution is 2.17. The molecule has 0 fully saturated rings. The number of rotatable bonds is 6. The number of nitrogens with one attached hydrogen (secondary N) is 2. The molecule has 0 heterocycles. The highest BCUT2D eigenvalue weighted by molar-refractivity contribution is 5.97. The Balaban J connectivity index is 1.92. The van der Waals surface area contributed by atoms with Crippen molar-refractivity contribution >= 4 is 17.5 Å². The van der Waals surface area contributed by atoms with E-state index < -0.39 is 0 Å². The fourth-order valence-electron chi connectivity index (χ4n) is 2.17. The predicted octanol–water partition coefficient (Wildman–Crippen LogP) is 3.24. The van der Waals surface area contributed by atoms with Crippen molar-refractivity contribution in [3.63, 3.8) is 0 Å². The number of hydrogen-bond donors (Lipinski definition) is 2. The summed E-state index contributed by atoms with van der Waals surface area (Å²) in [6, 6.07) is 13.7. The molecule has 0 bridgehead atoms. The molecule has 0 aliphatic rings. The quantitative estimate of drug-likeness (QED) is 0.833. The second kappa shape index (κ2) is 8.38. The molecular formula is C20H24N2O4. The smallest absolute Gasteiger partial charge is 0.262 e. The molecule has 0 aromatic heterocycles. The lowest BCUT2D eigenvalue weighted by Gasteiger charge is -2.20. The Morgan fingerprint density at radius 3 is 2.27 bits per heavy atom. The van der Waals surface area contributed by atoms with Gasteiger partial charge in [0.25, 0.3) is 11.8 Å². The molecule has 26 heavy (non-hydrogen) atoms. The van der Waals surface area contributed by atoms with Crippen LogP contribution in [0, 0.1) is 0 Å². The lowest BCUT2D eigenvalue weighted by atomic mass is 10.1. The molecule has 0 saturated carbocycles. The second-order valence-electron chi connectivity index (χ2n) is 6.80. The molecule has 0 spiro atoms. The van der Waals surface area contributed by atoms with Crippen molar-refractivity contribution in [2.24, 2.45) is 0 Å². The molecule has 2 aromatic carbocycles. The summed E-state index contributed by atoms with van der Waals surface area (Å²) in [6.07, 6.45) is 0. The minimum atomic E-state index is -0.331. The number of hydrogen-bond acceptors (Lipinski definition) is 4. The topological polar surface area (TPSA) is 76.7 Å². The average molecular weight is 356 g/mol. The number of benzene rings is 2. The lowest BCUT2D eigenvalue weighted by Crippen LogP contribution is -2.40. The van der Waals surface area contributed by atoms with Gasteiger partial charge >= 0.3 is 0 Å². The summed E-state index contributed by atoms with van der Waals surface area (Å²) in [6.45, 7) is 5.60. The van der Waals surface area contributed by atoms with Crippen LogP contribution in [-0.2, 0) is 4.79 Å². The first-order valence-electron chi connectivity index (χ1n) is 8.26. The maximum Gasteiger partial charge on any atom is 0.262 e. The van der Waals surface area contributed by atoms with Crippen molar-refractivity contribution in [2.75, 3.05) is 19.0 Å². The van der Waals surface area contributed by atoms with Crippen LogP contribution in [0.15, 0.2) is 48.5 Å². The standard InChI is InChI=1S/C20H24N2O4/c1-20(2,3)22-19(24)14-6-5-7-15(12-14)21-18(23)13-26-17-10-8-16(25-4)9-11-17/h5-12H,13H2,1-4H3,(H,21,23)(H,22,24). The average Bonchev–Trinajstić information content (AvgIpc) is 2.59. The Bertz CT molecular complexity index is 764. The van der Waals surface area contributed by atoms with E-state index in [9.17, 15) is 9.59 Å². The first-order chi connectivity index (χ1) is 12.3. The summed E-state index contributed by atoms with van der Waals surface area (Å²) in [7, 11) is 1.58. The van der Waals surface area contributed by atoms with Gasteiger partial charge in [-0.05, 0) is 63.2 Å². The van der Waals surface area contributed by atoms with Crippen LogP contribution in [0.25, 0.3) is 0 Å². The molecule has 6 nitrogen and oxygen atoms in total. The summed E-state index contributed by atoms with van der Waals surface area (Å²) in [5, 5.41) is 5.61. The highest BCUT2D eigenvalue weighted by Gasteiger charge is 2.15. The summed E-state index contributed by atoms with van der Waals surface area (Å²) in [5.74, 6) is 0.781. The summed E-state index contributed by atoms with van der Waals surface area (Å²) >= 11 is 0. The molecule has 2 amide bonds. The van der Waals surface area contributed by atoms with E-state index in [1.807, 2.05) is 20.8 Å². The number of ether oxygens (including phenoxy) is 2. The Hall–Kier alpha value is -3.02. The van der Waals surface area contributed by atoms with Gasteiger partial charge in [-0.15, -0.1) is 0 Å². The Morgan fingerprint density at radius 1 is 1.00 bits per heavy atom. The number of carbonyl (C=O) groups excluding carboxylic acids is 2. The van der Waals surface area contributed by atoms with Crippen molar-refractivity contribution in [1.29, 1.82) is 0 Å². The van der Waals surface area contributed by atoms with E-state index in [0.29, 0.717) is 22.7 Å². The van der Waals surface area contributed by atoms with Gasteiger partial charge in [0.15, 0.2) is 6.61 Å². The fourth-order valence-corrected chi connectivity index (χ4v) is 2.17. The van der Waals surface area contributed by atoms with Crippen LogP contribution in [0.5, 0.6) is 11.5 Å². The molecule has 0 unspecified atom stereocenters. The van der Waals surface area contributed by atoms with Crippen molar-refractivity contribution in [3.8, 4) is 11.5 Å². The molecule has 0 radical (unpaired) electrons. The zero-order valence-electron chi connectivity index (χ0n) is 15.5. The van der Waals surface area contributed by atoms with Crippen LogP contribution in [0.2, 0.25) is 0 Å². The SMILES string of the molecule is COc1ccc(OCC(=O)Nc2cccc(C(=O)NC(C)(C)C)c2)cc1. The Morgan fingerprint density at radius 2 is 1.65 bits per heavy atom. The maximum absolute atomic E-state index is 12.2. The van der Waals surface area contributed by atoms with Crippen LogP contribution in [-0.4, -0.2) is 31.1 Å². The van der Waals surface area contributed by atoms with Gasteiger partial charge in [-0.2, -0.15) is 0 Å². The van der Waals surface area contributed by atoms with Gasteiger partial charge in [0.2, 0.25) is 0 Å². The third-order valence-corrected chi connectivity index (χ3v) is 3.33.